The van der Waals surface area contributed by atoms with Crippen LogP contribution >= 0.6 is 0 Å². The van der Waals surface area contributed by atoms with Gasteiger partial charge in [0, 0.05) is 25.7 Å². The number of rotatable bonds is 2. The lowest BCUT2D eigenvalue weighted by molar-refractivity contribution is 0.0712. The molecule has 0 aromatic heterocycles. The minimum absolute atomic E-state index is 0.164. The van der Waals surface area contributed by atoms with Gasteiger partial charge in [-0.05, 0) is 6.42 Å². The molecule has 0 bridgehead atoms. The van der Waals surface area contributed by atoms with Gasteiger partial charge in [-0.3, -0.25) is 0 Å². The maximum Gasteiger partial charge on any atom is 0.214 e. The van der Waals surface area contributed by atoms with Gasteiger partial charge in [0.05, 0.1) is 19.0 Å². The van der Waals surface area contributed by atoms with Crippen molar-refractivity contribution in [2.75, 3.05) is 38.6 Å². The van der Waals surface area contributed by atoms with Crippen molar-refractivity contribution >= 4 is 10.0 Å². The number of nitrogens with zero attached hydrogens (tertiary/aromatic N) is 1. The highest BCUT2D eigenvalue weighted by Gasteiger charge is 2.30. The smallest absolute Gasteiger partial charge is 0.214 e. The van der Waals surface area contributed by atoms with Crippen LogP contribution < -0.4 is 5.32 Å². The summed E-state index contributed by atoms with van der Waals surface area (Å²) in [6.07, 6.45) is 0.760. The van der Waals surface area contributed by atoms with Gasteiger partial charge in [0.1, 0.15) is 0 Å². The van der Waals surface area contributed by atoms with Gasteiger partial charge in [-0.1, -0.05) is 0 Å². The van der Waals surface area contributed by atoms with Crippen molar-refractivity contribution in [1.82, 2.24) is 9.62 Å². The Bertz CT molecular complexity index is 285. The summed E-state index contributed by atoms with van der Waals surface area (Å²) in [5.41, 5.74) is 0. The zero-order chi connectivity index (χ0) is 10.0. The number of hydrogen-bond donors (Lipinski definition) is 1. The summed E-state index contributed by atoms with van der Waals surface area (Å²) in [6.45, 7) is 3.39. The average molecular weight is 220 g/mol. The summed E-state index contributed by atoms with van der Waals surface area (Å²) in [4.78, 5) is 0. The highest BCUT2D eigenvalue weighted by molar-refractivity contribution is 7.89. The van der Waals surface area contributed by atoms with Crippen molar-refractivity contribution in [3.05, 3.63) is 0 Å². The van der Waals surface area contributed by atoms with E-state index in [9.17, 15) is 8.42 Å². The largest absolute Gasteiger partial charge is 0.378 e. The van der Waals surface area contributed by atoms with E-state index >= 15 is 0 Å². The maximum absolute atomic E-state index is 11.5. The van der Waals surface area contributed by atoms with Crippen LogP contribution in [0.3, 0.4) is 0 Å². The molecular formula is C8H16N2O3S. The average Bonchev–Trinajstić information content (AvgIpc) is 2.48. The second-order valence-corrected chi connectivity index (χ2v) is 5.84. The highest BCUT2D eigenvalue weighted by atomic mass is 32.2. The standard InChI is InChI=1S/C8H16N2O3S/c11-14(12)5-1-3-10(14)6-8-7-13-4-2-9-8/h8-9H,1-7H2. The van der Waals surface area contributed by atoms with Crippen LogP contribution in [0.25, 0.3) is 0 Å². The Hall–Kier alpha value is -0.170. The Labute approximate surface area is 84.5 Å². The van der Waals surface area contributed by atoms with E-state index in [0.717, 1.165) is 19.6 Å². The molecule has 5 nitrogen and oxygen atoms in total. The fourth-order valence-corrected chi connectivity index (χ4v) is 3.45. The predicted molar refractivity (Wildman–Crippen MR) is 52.6 cm³/mol. The second-order valence-electron chi connectivity index (χ2n) is 3.75. The molecule has 6 heteroatoms. The third kappa shape index (κ3) is 2.25. The molecule has 0 aliphatic carbocycles. The molecule has 2 rings (SSSR count). The van der Waals surface area contributed by atoms with Crippen LogP contribution in [-0.4, -0.2) is 57.4 Å². The third-order valence-electron chi connectivity index (χ3n) is 2.63. The van der Waals surface area contributed by atoms with E-state index in [1.165, 1.54) is 0 Å². The summed E-state index contributed by atoms with van der Waals surface area (Å²) >= 11 is 0. The molecule has 1 N–H and O–H groups in total. The van der Waals surface area contributed by atoms with E-state index in [0.29, 0.717) is 25.4 Å². The van der Waals surface area contributed by atoms with Crippen LogP contribution in [0.2, 0.25) is 0 Å². The maximum atomic E-state index is 11.5. The van der Waals surface area contributed by atoms with Crippen LogP contribution in [0.1, 0.15) is 6.42 Å². The Morgan fingerprint density at radius 2 is 2.36 bits per heavy atom. The number of morpholine rings is 1. The molecule has 2 aliphatic rings. The van der Waals surface area contributed by atoms with E-state index in [1.807, 2.05) is 0 Å². The van der Waals surface area contributed by atoms with E-state index in [2.05, 4.69) is 5.32 Å². The molecule has 0 spiro atoms. The van der Waals surface area contributed by atoms with Gasteiger partial charge in [0.15, 0.2) is 0 Å². The Morgan fingerprint density at radius 3 is 2.93 bits per heavy atom. The SMILES string of the molecule is O=S1(=O)CCCN1CC1COCCN1. The van der Waals surface area contributed by atoms with Gasteiger partial charge in [0.25, 0.3) is 0 Å². The van der Waals surface area contributed by atoms with Crippen molar-refractivity contribution in [1.29, 1.82) is 0 Å². The van der Waals surface area contributed by atoms with E-state index in [-0.39, 0.29) is 6.04 Å². The van der Waals surface area contributed by atoms with Crippen LogP contribution in [0.15, 0.2) is 0 Å². The van der Waals surface area contributed by atoms with Crippen LogP contribution in [-0.2, 0) is 14.8 Å². The van der Waals surface area contributed by atoms with E-state index < -0.39 is 10.0 Å². The van der Waals surface area contributed by atoms with Gasteiger partial charge in [-0.15, -0.1) is 0 Å². The van der Waals surface area contributed by atoms with Crippen molar-refractivity contribution in [3.63, 3.8) is 0 Å². The molecule has 0 amide bonds. The minimum Gasteiger partial charge on any atom is -0.378 e. The van der Waals surface area contributed by atoms with E-state index in [4.69, 9.17) is 4.74 Å². The lowest BCUT2D eigenvalue weighted by Gasteiger charge is -2.27. The number of ether oxygens (including phenoxy) is 1. The molecular weight excluding hydrogens is 204 g/mol. The van der Waals surface area contributed by atoms with Crippen LogP contribution in [0.4, 0.5) is 0 Å². The summed E-state index contributed by atoms with van der Waals surface area (Å²) in [7, 11) is -2.95. The number of nitrogens with one attached hydrogen (secondary N) is 1. The predicted octanol–water partition coefficient (Wildman–Crippen LogP) is -0.990. The summed E-state index contributed by atoms with van der Waals surface area (Å²) < 4.78 is 29.8. The lowest BCUT2D eigenvalue weighted by Crippen LogP contribution is -2.48. The molecule has 0 saturated carbocycles. The Kier molecular flexibility index (Phi) is 3.06. The molecule has 0 aromatic rings. The minimum atomic E-state index is -2.95. The molecule has 2 heterocycles. The van der Waals surface area contributed by atoms with Crippen LogP contribution in [0.5, 0.6) is 0 Å². The van der Waals surface area contributed by atoms with Gasteiger partial charge < -0.3 is 10.1 Å². The van der Waals surface area contributed by atoms with Crippen molar-refractivity contribution in [2.24, 2.45) is 0 Å². The quantitative estimate of drug-likeness (QED) is 0.649. The van der Waals surface area contributed by atoms with Crippen molar-refractivity contribution < 1.29 is 13.2 Å². The Balaban J connectivity index is 1.90. The zero-order valence-electron chi connectivity index (χ0n) is 8.11. The first-order valence-corrected chi connectivity index (χ1v) is 6.58. The molecule has 2 fully saturated rings. The van der Waals surface area contributed by atoms with Crippen molar-refractivity contribution in [3.8, 4) is 0 Å². The van der Waals surface area contributed by atoms with Gasteiger partial charge >= 0.3 is 0 Å². The molecule has 1 unspecified atom stereocenters. The summed E-state index contributed by atoms with van der Waals surface area (Å²) in [5, 5.41) is 3.25. The fraction of sp³-hybridized carbons (Fsp3) is 1.00. The molecule has 0 radical (unpaired) electrons. The number of sulfonamides is 1. The van der Waals surface area contributed by atoms with Gasteiger partial charge in [-0.25, -0.2) is 12.7 Å². The van der Waals surface area contributed by atoms with Gasteiger partial charge in [0.2, 0.25) is 10.0 Å². The highest BCUT2D eigenvalue weighted by Crippen LogP contribution is 2.13. The molecule has 14 heavy (non-hydrogen) atoms. The van der Waals surface area contributed by atoms with E-state index in [1.54, 1.807) is 4.31 Å². The monoisotopic (exact) mass is 220 g/mol. The molecule has 2 saturated heterocycles. The summed E-state index contributed by atoms with van der Waals surface area (Å²) in [6, 6.07) is 0.164. The molecule has 1 atom stereocenters. The van der Waals surface area contributed by atoms with Gasteiger partial charge in [-0.2, -0.15) is 0 Å². The molecule has 0 aromatic carbocycles. The molecule has 2 aliphatic heterocycles. The normalized spacial score (nSPS) is 33.3. The molecule has 82 valence electrons. The number of hydrogen-bond acceptors (Lipinski definition) is 4. The first kappa shape index (κ1) is 10.4. The summed E-state index contributed by atoms with van der Waals surface area (Å²) in [5.74, 6) is 0.306. The lowest BCUT2D eigenvalue weighted by atomic mass is 10.3. The second kappa shape index (κ2) is 4.14. The van der Waals surface area contributed by atoms with Crippen molar-refractivity contribution in [2.45, 2.75) is 12.5 Å². The topological polar surface area (TPSA) is 58.6 Å². The first-order valence-electron chi connectivity index (χ1n) is 4.97. The Morgan fingerprint density at radius 1 is 1.50 bits per heavy atom. The van der Waals surface area contributed by atoms with Crippen LogP contribution in [0, 0.1) is 0 Å². The fourth-order valence-electron chi connectivity index (χ4n) is 1.88. The third-order valence-corrected chi connectivity index (χ3v) is 4.55. The zero-order valence-corrected chi connectivity index (χ0v) is 8.92. The first-order chi connectivity index (χ1) is 6.68.